The third-order valence-corrected chi connectivity index (χ3v) is 6.05. The fourth-order valence-corrected chi connectivity index (χ4v) is 3.93. The van der Waals surface area contributed by atoms with Gasteiger partial charge < -0.3 is 9.42 Å². The van der Waals surface area contributed by atoms with E-state index in [2.05, 4.69) is 43.0 Å². The number of nitrogens with zero attached hydrogens (tertiary/aromatic N) is 3. The van der Waals surface area contributed by atoms with Gasteiger partial charge in [0.1, 0.15) is 0 Å². The minimum absolute atomic E-state index is 0.0844. The van der Waals surface area contributed by atoms with Crippen molar-refractivity contribution < 1.29 is 9.32 Å². The second-order valence-electron chi connectivity index (χ2n) is 8.39. The van der Waals surface area contributed by atoms with Crippen LogP contribution in [0.5, 0.6) is 0 Å². The van der Waals surface area contributed by atoms with Crippen molar-refractivity contribution in [1.29, 1.82) is 0 Å². The van der Waals surface area contributed by atoms with E-state index in [1.165, 1.54) is 10.5 Å². The SMILES string of the molecule is CSc1ccc(N2CC(c3nc(-c4ccc(C(C)(C)C)cc4)no3)CC2=O)cc1. The van der Waals surface area contributed by atoms with Gasteiger partial charge in [0.25, 0.3) is 0 Å². The predicted molar refractivity (Wildman–Crippen MR) is 116 cm³/mol. The van der Waals surface area contributed by atoms with Gasteiger partial charge in [-0.1, -0.05) is 50.2 Å². The molecule has 2 heterocycles. The van der Waals surface area contributed by atoms with Crippen LogP contribution in [0.15, 0.2) is 57.9 Å². The largest absolute Gasteiger partial charge is 0.339 e. The van der Waals surface area contributed by atoms with Crippen molar-refractivity contribution in [3.8, 4) is 11.4 Å². The molecular formula is C23H25N3O2S. The van der Waals surface area contributed by atoms with Gasteiger partial charge in [0.05, 0.1) is 5.92 Å². The van der Waals surface area contributed by atoms with Gasteiger partial charge in [0, 0.05) is 29.1 Å². The van der Waals surface area contributed by atoms with E-state index in [4.69, 9.17) is 4.52 Å². The molecule has 29 heavy (non-hydrogen) atoms. The number of hydrogen-bond donors (Lipinski definition) is 0. The predicted octanol–water partition coefficient (Wildman–Crippen LogP) is 5.28. The van der Waals surface area contributed by atoms with E-state index in [1.54, 1.807) is 16.7 Å². The molecule has 0 saturated carbocycles. The Morgan fingerprint density at radius 1 is 1.07 bits per heavy atom. The molecule has 0 spiro atoms. The topological polar surface area (TPSA) is 59.2 Å². The minimum atomic E-state index is -0.0853. The van der Waals surface area contributed by atoms with Crippen LogP contribution in [0, 0.1) is 0 Å². The average molecular weight is 408 g/mol. The van der Waals surface area contributed by atoms with Crippen molar-refractivity contribution in [2.24, 2.45) is 0 Å². The molecule has 6 heteroatoms. The molecule has 4 rings (SSSR count). The molecule has 0 bridgehead atoms. The first-order chi connectivity index (χ1) is 13.8. The van der Waals surface area contributed by atoms with Crippen LogP contribution in [-0.4, -0.2) is 28.8 Å². The van der Waals surface area contributed by atoms with E-state index >= 15 is 0 Å². The lowest BCUT2D eigenvalue weighted by atomic mass is 9.87. The summed E-state index contributed by atoms with van der Waals surface area (Å²) in [6, 6.07) is 16.3. The number of benzene rings is 2. The molecule has 1 aliphatic heterocycles. The first-order valence-corrected chi connectivity index (χ1v) is 11.0. The van der Waals surface area contributed by atoms with Gasteiger partial charge in [-0.15, -0.1) is 11.8 Å². The Morgan fingerprint density at radius 3 is 2.38 bits per heavy atom. The van der Waals surface area contributed by atoms with Crippen LogP contribution < -0.4 is 4.90 Å². The fraction of sp³-hybridized carbons (Fsp3) is 0.348. The number of anilines is 1. The molecule has 0 radical (unpaired) electrons. The molecule has 5 nitrogen and oxygen atoms in total. The van der Waals surface area contributed by atoms with Crippen molar-refractivity contribution in [3.05, 3.63) is 60.0 Å². The maximum atomic E-state index is 12.6. The Morgan fingerprint density at radius 2 is 1.76 bits per heavy atom. The molecule has 0 aliphatic carbocycles. The van der Waals surface area contributed by atoms with Gasteiger partial charge in [-0.25, -0.2) is 0 Å². The Kier molecular flexibility index (Phi) is 5.21. The standard InChI is InChI=1S/C23H25N3O2S/c1-23(2,3)17-7-5-15(6-8-17)21-24-22(28-25-21)16-13-20(27)26(14-16)18-9-11-19(29-4)12-10-18/h5-12,16H,13-14H2,1-4H3. The van der Waals surface area contributed by atoms with Gasteiger partial charge in [-0.05, 0) is 41.5 Å². The second-order valence-corrected chi connectivity index (χ2v) is 9.27. The quantitative estimate of drug-likeness (QED) is 0.551. The van der Waals surface area contributed by atoms with E-state index < -0.39 is 0 Å². The molecule has 1 unspecified atom stereocenters. The monoisotopic (exact) mass is 407 g/mol. The van der Waals surface area contributed by atoms with Gasteiger partial charge in [-0.2, -0.15) is 4.98 Å². The van der Waals surface area contributed by atoms with E-state index in [1.807, 2.05) is 42.7 Å². The summed E-state index contributed by atoms with van der Waals surface area (Å²) < 4.78 is 5.53. The average Bonchev–Trinajstić information content (AvgIpc) is 3.34. The third-order valence-electron chi connectivity index (χ3n) is 5.31. The zero-order valence-electron chi connectivity index (χ0n) is 17.2. The Hall–Kier alpha value is -2.60. The normalized spacial score (nSPS) is 17.2. The lowest BCUT2D eigenvalue weighted by Gasteiger charge is -2.18. The highest BCUT2D eigenvalue weighted by Crippen LogP contribution is 2.33. The number of amides is 1. The van der Waals surface area contributed by atoms with E-state index in [0.29, 0.717) is 24.7 Å². The molecule has 1 aliphatic rings. The van der Waals surface area contributed by atoms with Crippen LogP contribution in [-0.2, 0) is 10.2 Å². The van der Waals surface area contributed by atoms with E-state index in [9.17, 15) is 4.79 Å². The Bertz CT molecular complexity index is 1000. The van der Waals surface area contributed by atoms with Crippen molar-refractivity contribution >= 4 is 23.4 Å². The molecule has 1 amide bonds. The highest BCUT2D eigenvalue weighted by atomic mass is 32.2. The number of hydrogen-bond acceptors (Lipinski definition) is 5. The van der Waals surface area contributed by atoms with E-state index in [-0.39, 0.29) is 17.2 Å². The molecule has 2 aromatic carbocycles. The molecule has 0 N–H and O–H groups in total. The Balaban J connectivity index is 1.50. The maximum Gasteiger partial charge on any atom is 0.232 e. The highest BCUT2D eigenvalue weighted by Gasteiger charge is 2.35. The zero-order valence-corrected chi connectivity index (χ0v) is 18.0. The summed E-state index contributed by atoms with van der Waals surface area (Å²) in [6.07, 6.45) is 2.42. The summed E-state index contributed by atoms with van der Waals surface area (Å²) in [4.78, 5) is 20.1. The second kappa shape index (κ2) is 7.67. The zero-order chi connectivity index (χ0) is 20.6. The van der Waals surface area contributed by atoms with Gasteiger partial charge in [0.15, 0.2) is 0 Å². The summed E-state index contributed by atoms with van der Waals surface area (Å²) in [5.74, 6) is 1.09. The summed E-state index contributed by atoms with van der Waals surface area (Å²) in [5.41, 5.74) is 3.19. The van der Waals surface area contributed by atoms with Crippen molar-refractivity contribution in [2.45, 2.75) is 43.4 Å². The molecule has 1 aromatic heterocycles. The first-order valence-electron chi connectivity index (χ1n) is 9.74. The van der Waals surface area contributed by atoms with Crippen LogP contribution in [0.1, 0.15) is 44.6 Å². The van der Waals surface area contributed by atoms with Gasteiger partial charge in [-0.3, -0.25) is 4.79 Å². The van der Waals surface area contributed by atoms with Crippen molar-refractivity contribution in [2.75, 3.05) is 17.7 Å². The Labute approximate surface area is 175 Å². The third kappa shape index (κ3) is 4.08. The number of carbonyl (C=O) groups excluding carboxylic acids is 1. The lowest BCUT2D eigenvalue weighted by molar-refractivity contribution is -0.117. The summed E-state index contributed by atoms with van der Waals surface area (Å²) in [7, 11) is 0. The molecule has 150 valence electrons. The lowest BCUT2D eigenvalue weighted by Crippen LogP contribution is -2.24. The fourth-order valence-electron chi connectivity index (χ4n) is 3.52. The highest BCUT2D eigenvalue weighted by molar-refractivity contribution is 7.98. The first kappa shape index (κ1) is 19.7. The van der Waals surface area contributed by atoms with Crippen LogP contribution in [0.4, 0.5) is 5.69 Å². The van der Waals surface area contributed by atoms with Crippen LogP contribution in [0.2, 0.25) is 0 Å². The molecule has 1 fully saturated rings. The minimum Gasteiger partial charge on any atom is -0.339 e. The summed E-state index contributed by atoms with van der Waals surface area (Å²) >= 11 is 1.68. The van der Waals surface area contributed by atoms with Gasteiger partial charge in [0.2, 0.25) is 17.6 Å². The number of carbonyl (C=O) groups is 1. The molecular weight excluding hydrogens is 382 g/mol. The maximum absolute atomic E-state index is 12.6. The number of rotatable bonds is 4. The van der Waals surface area contributed by atoms with Crippen LogP contribution in [0.3, 0.4) is 0 Å². The molecule has 1 saturated heterocycles. The molecule has 3 aromatic rings. The van der Waals surface area contributed by atoms with Crippen LogP contribution >= 0.6 is 11.8 Å². The number of aromatic nitrogens is 2. The summed E-state index contributed by atoms with van der Waals surface area (Å²) in [5, 5.41) is 4.15. The van der Waals surface area contributed by atoms with E-state index in [0.717, 1.165) is 11.3 Å². The smallest absolute Gasteiger partial charge is 0.232 e. The van der Waals surface area contributed by atoms with Gasteiger partial charge >= 0.3 is 0 Å². The van der Waals surface area contributed by atoms with Crippen LogP contribution in [0.25, 0.3) is 11.4 Å². The van der Waals surface area contributed by atoms with Crippen molar-refractivity contribution in [1.82, 2.24) is 10.1 Å². The number of thioether (sulfide) groups is 1. The van der Waals surface area contributed by atoms with Crippen molar-refractivity contribution in [3.63, 3.8) is 0 Å². The molecule has 1 atom stereocenters. The summed E-state index contributed by atoms with van der Waals surface area (Å²) in [6.45, 7) is 7.12.